The maximum atomic E-state index is 12.5. The molecule has 0 aliphatic carbocycles. The van der Waals surface area contributed by atoms with Crippen molar-refractivity contribution in [2.75, 3.05) is 27.2 Å². The molecule has 8 nitrogen and oxygen atoms in total. The molecule has 1 aliphatic rings. The summed E-state index contributed by atoms with van der Waals surface area (Å²) in [5.41, 5.74) is 0. The van der Waals surface area contributed by atoms with Crippen molar-refractivity contribution in [2.45, 2.75) is 32.2 Å². The van der Waals surface area contributed by atoms with Gasteiger partial charge in [-0.25, -0.2) is 0 Å². The number of carboxylic acids is 1. The Morgan fingerprint density at radius 1 is 1.43 bits per heavy atom. The van der Waals surface area contributed by atoms with Gasteiger partial charge in [-0.3, -0.25) is 9.59 Å². The molecule has 0 radical (unpaired) electrons. The summed E-state index contributed by atoms with van der Waals surface area (Å²) in [5, 5.41) is 9.14. The van der Waals surface area contributed by atoms with Crippen LogP contribution in [-0.4, -0.2) is 67.4 Å². The first-order chi connectivity index (χ1) is 9.71. The topological polar surface area (TPSA) is 104 Å². The fraction of sp³-hybridized carbons (Fsp3) is 0.833. The number of aliphatic carboxylic acids is 1. The van der Waals surface area contributed by atoms with Crippen LogP contribution in [0.2, 0.25) is 0 Å². The zero-order chi connectivity index (χ0) is 16.2. The third-order valence-electron chi connectivity index (χ3n) is 3.80. The molecule has 0 aromatic heterocycles. The van der Waals surface area contributed by atoms with Crippen LogP contribution in [-0.2, 0) is 24.5 Å². The Labute approximate surface area is 124 Å². The number of nitrogens with zero attached hydrogens (tertiary/aromatic N) is 2. The SMILES string of the molecule is COC(=O)CCN(C)S(=O)(=O)N1CCC[C@H](C(=O)O)[C@@H]1C. The normalized spacial score (nSPS) is 24.0. The fourth-order valence-electron chi connectivity index (χ4n) is 2.41. The number of hydrogen-bond donors (Lipinski definition) is 1. The number of methoxy groups -OCH3 is 1. The molecule has 0 spiro atoms. The minimum Gasteiger partial charge on any atom is -0.481 e. The van der Waals surface area contributed by atoms with Gasteiger partial charge in [0, 0.05) is 26.2 Å². The zero-order valence-electron chi connectivity index (χ0n) is 12.5. The third-order valence-corrected chi connectivity index (χ3v) is 5.87. The lowest BCUT2D eigenvalue weighted by Crippen LogP contribution is -2.53. The molecular formula is C12H22N2O6S. The minimum absolute atomic E-state index is 0.00400. The minimum atomic E-state index is -3.79. The number of carbonyl (C=O) groups is 2. The molecule has 1 saturated heterocycles. The Kier molecular flexibility index (Phi) is 6.11. The van der Waals surface area contributed by atoms with E-state index in [9.17, 15) is 18.0 Å². The highest BCUT2D eigenvalue weighted by molar-refractivity contribution is 7.86. The molecule has 0 amide bonds. The van der Waals surface area contributed by atoms with Gasteiger partial charge >= 0.3 is 11.9 Å². The van der Waals surface area contributed by atoms with Crippen LogP contribution in [0.15, 0.2) is 0 Å². The Balaban J connectivity index is 2.80. The molecule has 0 saturated carbocycles. The van der Waals surface area contributed by atoms with Crippen LogP contribution >= 0.6 is 0 Å². The number of carbonyl (C=O) groups excluding carboxylic acids is 1. The lowest BCUT2D eigenvalue weighted by atomic mass is 9.92. The van der Waals surface area contributed by atoms with Crippen molar-refractivity contribution in [3.05, 3.63) is 0 Å². The first kappa shape index (κ1) is 17.9. The molecule has 1 heterocycles. The fourth-order valence-corrected chi connectivity index (χ4v) is 4.02. The maximum Gasteiger partial charge on any atom is 0.308 e. The van der Waals surface area contributed by atoms with E-state index in [4.69, 9.17) is 5.11 Å². The van der Waals surface area contributed by atoms with E-state index in [1.54, 1.807) is 6.92 Å². The van der Waals surface area contributed by atoms with Gasteiger partial charge in [-0.2, -0.15) is 17.0 Å². The van der Waals surface area contributed by atoms with Crippen molar-refractivity contribution in [3.8, 4) is 0 Å². The van der Waals surface area contributed by atoms with Gasteiger partial charge in [0.05, 0.1) is 19.4 Å². The van der Waals surface area contributed by atoms with Gasteiger partial charge in [-0.15, -0.1) is 0 Å². The average Bonchev–Trinajstić information content (AvgIpc) is 2.43. The maximum absolute atomic E-state index is 12.5. The van der Waals surface area contributed by atoms with Crippen molar-refractivity contribution in [1.82, 2.24) is 8.61 Å². The van der Waals surface area contributed by atoms with E-state index >= 15 is 0 Å². The van der Waals surface area contributed by atoms with Crippen molar-refractivity contribution in [2.24, 2.45) is 5.92 Å². The van der Waals surface area contributed by atoms with E-state index in [1.165, 1.54) is 18.5 Å². The van der Waals surface area contributed by atoms with Gasteiger partial charge in [0.15, 0.2) is 0 Å². The van der Waals surface area contributed by atoms with E-state index in [0.717, 1.165) is 4.31 Å². The number of rotatable bonds is 6. The van der Waals surface area contributed by atoms with E-state index in [0.29, 0.717) is 12.8 Å². The number of carboxylic acid groups (broad SMARTS) is 1. The molecule has 21 heavy (non-hydrogen) atoms. The summed E-state index contributed by atoms with van der Waals surface area (Å²) >= 11 is 0. The quantitative estimate of drug-likeness (QED) is 0.685. The number of piperidine rings is 1. The monoisotopic (exact) mass is 322 g/mol. The van der Waals surface area contributed by atoms with Crippen LogP contribution in [0.25, 0.3) is 0 Å². The highest BCUT2D eigenvalue weighted by Crippen LogP contribution is 2.27. The average molecular weight is 322 g/mol. The lowest BCUT2D eigenvalue weighted by molar-refractivity contribution is -0.144. The summed E-state index contributed by atoms with van der Waals surface area (Å²) in [6, 6.07) is -0.609. The first-order valence-corrected chi connectivity index (χ1v) is 8.14. The largest absolute Gasteiger partial charge is 0.481 e. The number of hydrogen-bond acceptors (Lipinski definition) is 5. The number of ether oxygens (including phenoxy) is 1. The molecule has 1 rings (SSSR count). The highest BCUT2D eigenvalue weighted by Gasteiger charge is 2.40. The summed E-state index contributed by atoms with van der Waals surface area (Å²) in [7, 11) is -1.18. The first-order valence-electron chi connectivity index (χ1n) is 6.74. The smallest absolute Gasteiger partial charge is 0.308 e. The Morgan fingerprint density at radius 2 is 2.05 bits per heavy atom. The predicted molar refractivity (Wildman–Crippen MR) is 74.7 cm³/mol. The van der Waals surface area contributed by atoms with Gasteiger partial charge in [-0.05, 0) is 19.8 Å². The summed E-state index contributed by atoms with van der Waals surface area (Å²) in [4.78, 5) is 22.3. The van der Waals surface area contributed by atoms with Crippen molar-refractivity contribution < 1.29 is 27.9 Å². The molecule has 2 atom stereocenters. The predicted octanol–water partition coefficient (Wildman–Crippen LogP) is -0.0888. The molecule has 1 aliphatic heterocycles. The molecule has 0 unspecified atom stereocenters. The van der Waals surface area contributed by atoms with Crippen molar-refractivity contribution in [1.29, 1.82) is 0 Å². The second kappa shape index (κ2) is 7.19. The van der Waals surface area contributed by atoms with Gasteiger partial charge in [-0.1, -0.05) is 0 Å². The zero-order valence-corrected chi connectivity index (χ0v) is 13.3. The van der Waals surface area contributed by atoms with Crippen LogP contribution in [0.4, 0.5) is 0 Å². The summed E-state index contributed by atoms with van der Waals surface area (Å²) in [6.45, 7) is 1.88. The Hall–Kier alpha value is -1.19. The van der Waals surface area contributed by atoms with Gasteiger partial charge < -0.3 is 9.84 Å². The molecular weight excluding hydrogens is 300 g/mol. The molecule has 0 bridgehead atoms. The molecule has 0 aromatic carbocycles. The van der Waals surface area contributed by atoms with Crippen molar-refractivity contribution in [3.63, 3.8) is 0 Å². The molecule has 0 aromatic rings. The van der Waals surface area contributed by atoms with Crippen LogP contribution in [0.1, 0.15) is 26.2 Å². The highest BCUT2D eigenvalue weighted by atomic mass is 32.2. The van der Waals surface area contributed by atoms with Crippen LogP contribution in [0, 0.1) is 5.92 Å². The van der Waals surface area contributed by atoms with Crippen LogP contribution < -0.4 is 0 Å². The molecule has 1 fully saturated rings. The summed E-state index contributed by atoms with van der Waals surface area (Å²) < 4.78 is 31.7. The van der Waals surface area contributed by atoms with Gasteiger partial charge in [0.25, 0.3) is 10.2 Å². The second-order valence-electron chi connectivity index (χ2n) is 5.09. The summed E-state index contributed by atoms with van der Waals surface area (Å²) in [5.74, 6) is -2.19. The Bertz CT molecular complexity index is 492. The lowest BCUT2D eigenvalue weighted by Gasteiger charge is -2.38. The second-order valence-corrected chi connectivity index (χ2v) is 7.08. The Morgan fingerprint density at radius 3 is 2.57 bits per heavy atom. The van der Waals surface area contributed by atoms with Gasteiger partial charge in [0.1, 0.15) is 0 Å². The van der Waals surface area contributed by atoms with Crippen LogP contribution in [0.5, 0.6) is 0 Å². The molecule has 1 N–H and O–H groups in total. The third kappa shape index (κ3) is 4.14. The van der Waals surface area contributed by atoms with Crippen LogP contribution in [0.3, 0.4) is 0 Å². The van der Waals surface area contributed by atoms with E-state index in [-0.39, 0.29) is 19.5 Å². The van der Waals surface area contributed by atoms with Crippen molar-refractivity contribution >= 4 is 22.1 Å². The summed E-state index contributed by atoms with van der Waals surface area (Å²) in [6.07, 6.45) is 0.927. The standard InChI is InChI=1S/C12H22N2O6S/c1-9-10(12(16)17)5-4-7-14(9)21(18,19)13(2)8-6-11(15)20-3/h9-10H,4-8H2,1-3H3,(H,16,17)/t9-,10-/m0/s1. The number of esters is 1. The van der Waals surface area contributed by atoms with E-state index < -0.39 is 34.1 Å². The van der Waals surface area contributed by atoms with E-state index in [2.05, 4.69) is 4.74 Å². The molecule has 9 heteroatoms. The molecule has 122 valence electrons. The van der Waals surface area contributed by atoms with Gasteiger partial charge in [0.2, 0.25) is 0 Å². The van der Waals surface area contributed by atoms with E-state index in [1.807, 2.05) is 0 Å².